The van der Waals surface area contributed by atoms with Crippen molar-refractivity contribution in [3.8, 4) is 5.69 Å². The lowest BCUT2D eigenvalue weighted by atomic mass is 10.2. The normalized spacial score (nSPS) is 12.3. The van der Waals surface area contributed by atoms with E-state index in [1.165, 1.54) is 11.8 Å². The van der Waals surface area contributed by atoms with Crippen LogP contribution in [0.4, 0.5) is 0 Å². The summed E-state index contributed by atoms with van der Waals surface area (Å²) in [5.41, 5.74) is 0.964. The van der Waals surface area contributed by atoms with Gasteiger partial charge in [-0.3, -0.25) is 4.79 Å². The molecule has 0 aliphatic heterocycles. The van der Waals surface area contributed by atoms with Crippen LogP contribution in [0.25, 0.3) is 5.69 Å². The predicted molar refractivity (Wildman–Crippen MR) is 72.0 cm³/mol. The average molecular weight is 261 g/mol. The van der Waals surface area contributed by atoms with Gasteiger partial charge in [0.25, 0.3) is 0 Å². The van der Waals surface area contributed by atoms with Crippen LogP contribution in [0, 0.1) is 0 Å². The molecule has 0 amide bonds. The second kappa shape index (κ2) is 5.82. The van der Waals surface area contributed by atoms with E-state index in [0.29, 0.717) is 11.6 Å². The van der Waals surface area contributed by atoms with Crippen molar-refractivity contribution in [2.75, 3.05) is 0 Å². The summed E-state index contributed by atoms with van der Waals surface area (Å²) in [6.45, 7) is 3.76. The fourth-order valence-corrected chi connectivity index (χ4v) is 2.38. The zero-order valence-corrected chi connectivity index (χ0v) is 11.2. The molecule has 18 heavy (non-hydrogen) atoms. The molecule has 0 fully saturated rings. The molecule has 0 unspecified atom stereocenters. The van der Waals surface area contributed by atoms with E-state index in [1.807, 2.05) is 44.2 Å². The first-order valence-electron chi connectivity index (χ1n) is 5.87. The van der Waals surface area contributed by atoms with Gasteiger partial charge < -0.3 is 0 Å². The quantitative estimate of drug-likeness (QED) is 0.776. The maximum absolute atomic E-state index is 11.5. The Balaban J connectivity index is 2.09. The topological polar surface area (TPSA) is 47.8 Å². The molecule has 0 radical (unpaired) electrons. The van der Waals surface area contributed by atoms with Crippen molar-refractivity contribution in [3.05, 3.63) is 36.7 Å². The van der Waals surface area contributed by atoms with Gasteiger partial charge in [0.1, 0.15) is 12.1 Å². The SMILES string of the molecule is CCC(=O)[C@H](C)Sc1ncn(-c2ccccc2)n1. The molecule has 2 rings (SSSR count). The van der Waals surface area contributed by atoms with Gasteiger partial charge >= 0.3 is 0 Å². The summed E-state index contributed by atoms with van der Waals surface area (Å²) in [4.78, 5) is 15.7. The minimum absolute atomic E-state index is 0.0957. The lowest BCUT2D eigenvalue weighted by Gasteiger charge is -2.04. The second-order valence-electron chi connectivity index (χ2n) is 3.89. The third-order valence-corrected chi connectivity index (χ3v) is 3.59. The molecule has 94 valence electrons. The molecular formula is C13H15N3OS. The van der Waals surface area contributed by atoms with Gasteiger partial charge in [0.15, 0.2) is 0 Å². The number of para-hydroxylation sites is 1. The standard InChI is InChI=1S/C13H15N3OS/c1-3-12(17)10(2)18-13-14-9-16(15-13)11-7-5-4-6-8-11/h4-10H,3H2,1-2H3/t10-/m0/s1. The molecule has 1 heterocycles. The maximum atomic E-state index is 11.5. The molecule has 0 saturated carbocycles. The Bertz CT molecular complexity index is 524. The maximum Gasteiger partial charge on any atom is 0.209 e. The Morgan fingerprint density at radius 1 is 1.39 bits per heavy atom. The van der Waals surface area contributed by atoms with E-state index in [9.17, 15) is 4.79 Å². The molecule has 5 heteroatoms. The summed E-state index contributed by atoms with van der Waals surface area (Å²) < 4.78 is 1.71. The predicted octanol–water partition coefficient (Wildman–Crippen LogP) is 2.73. The average Bonchev–Trinajstić information content (AvgIpc) is 2.87. The third kappa shape index (κ3) is 2.98. The number of ketones is 1. The Morgan fingerprint density at radius 2 is 2.11 bits per heavy atom. The van der Waals surface area contributed by atoms with Crippen LogP contribution < -0.4 is 0 Å². The van der Waals surface area contributed by atoms with Crippen molar-refractivity contribution >= 4 is 17.5 Å². The van der Waals surface area contributed by atoms with E-state index < -0.39 is 0 Å². The van der Waals surface area contributed by atoms with Crippen molar-refractivity contribution in [3.63, 3.8) is 0 Å². The number of hydrogen-bond donors (Lipinski definition) is 0. The Hall–Kier alpha value is -1.62. The molecule has 0 aliphatic carbocycles. The summed E-state index contributed by atoms with van der Waals surface area (Å²) in [6.07, 6.45) is 2.22. The Morgan fingerprint density at radius 3 is 2.78 bits per heavy atom. The minimum Gasteiger partial charge on any atom is -0.298 e. The number of hydrogen-bond acceptors (Lipinski definition) is 4. The largest absolute Gasteiger partial charge is 0.298 e. The molecule has 0 bridgehead atoms. The minimum atomic E-state index is -0.0957. The molecule has 0 aliphatic rings. The number of benzene rings is 1. The van der Waals surface area contributed by atoms with Crippen LogP contribution in [-0.2, 0) is 4.79 Å². The van der Waals surface area contributed by atoms with Crippen LogP contribution in [0.5, 0.6) is 0 Å². The van der Waals surface area contributed by atoms with Gasteiger partial charge in [-0.1, -0.05) is 36.9 Å². The molecule has 0 spiro atoms. The van der Waals surface area contributed by atoms with Crippen LogP contribution in [0.15, 0.2) is 41.8 Å². The summed E-state index contributed by atoms with van der Waals surface area (Å²) >= 11 is 1.40. The number of rotatable bonds is 5. The highest BCUT2D eigenvalue weighted by Crippen LogP contribution is 2.21. The summed E-state index contributed by atoms with van der Waals surface area (Å²) in [6, 6.07) is 9.78. The van der Waals surface area contributed by atoms with Crippen LogP contribution >= 0.6 is 11.8 Å². The van der Waals surface area contributed by atoms with Gasteiger partial charge in [-0.15, -0.1) is 5.10 Å². The first-order valence-corrected chi connectivity index (χ1v) is 6.75. The number of aromatic nitrogens is 3. The highest BCUT2D eigenvalue weighted by atomic mass is 32.2. The first-order chi connectivity index (χ1) is 8.70. The van der Waals surface area contributed by atoms with Crippen LogP contribution in [0.1, 0.15) is 20.3 Å². The highest BCUT2D eigenvalue weighted by Gasteiger charge is 2.14. The van der Waals surface area contributed by atoms with Gasteiger partial charge in [0.05, 0.1) is 10.9 Å². The summed E-state index contributed by atoms with van der Waals surface area (Å²) in [7, 11) is 0. The van der Waals surface area contributed by atoms with Gasteiger partial charge in [-0.05, 0) is 19.1 Å². The van der Waals surface area contributed by atoms with Crippen LogP contribution in [0.3, 0.4) is 0 Å². The lowest BCUT2D eigenvalue weighted by molar-refractivity contribution is -0.118. The molecule has 4 nitrogen and oxygen atoms in total. The van der Waals surface area contributed by atoms with Crippen LogP contribution in [-0.4, -0.2) is 25.8 Å². The highest BCUT2D eigenvalue weighted by molar-refractivity contribution is 8.00. The number of thioether (sulfide) groups is 1. The van der Waals surface area contributed by atoms with E-state index in [2.05, 4.69) is 10.1 Å². The van der Waals surface area contributed by atoms with Crippen molar-refractivity contribution in [2.24, 2.45) is 0 Å². The van der Waals surface area contributed by atoms with E-state index >= 15 is 0 Å². The van der Waals surface area contributed by atoms with Gasteiger partial charge in [0, 0.05) is 6.42 Å². The fourth-order valence-electron chi connectivity index (χ4n) is 1.52. The number of Topliss-reactive ketones (excluding diaryl/α,β-unsaturated/α-hetero) is 1. The molecule has 1 aromatic carbocycles. The number of carbonyl (C=O) groups excluding carboxylic acids is 1. The first kappa shape index (κ1) is 12.8. The van der Waals surface area contributed by atoms with E-state index in [1.54, 1.807) is 11.0 Å². The van der Waals surface area contributed by atoms with E-state index in [4.69, 9.17) is 0 Å². The van der Waals surface area contributed by atoms with Crippen molar-refractivity contribution in [2.45, 2.75) is 30.7 Å². The molecular weight excluding hydrogens is 246 g/mol. The van der Waals surface area contributed by atoms with Gasteiger partial charge in [0.2, 0.25) is 5.16 Å². The van der Waals surface area contributed by atoms with E-state index in [-0.39, 0.29) is 11.0 Å². The molecule has 0 N–H and O–H groups in total. The molecule has 0 saturated heterocycles. The lowest BCUT2D eigenvalue weighted by Crippen LogP contribution is -2.11. The van der Waals surface area contributed by atoms with Gasteiger partial charge in [-0.25, -0.2) is 9.67 Å². The molecule has 2 aromatic rings. The molecule has 1 atom stereocenters. The zero-order chi connectivity index (χ0) is 13.0. The smallest absolute Gasteiger partial charge is 0.209 e. The van der Waals surface area contributed by atoms with E-state index in [0.717, 1.165) is 5.69 Å². The Labute approximate surface area is 110 Å². The summed E-state index contributed by atoms with van der Waals surface area (Å²) in [5, 5.41) is 4.89. The zero-order valence-electron chi connectivity index (χ0n) is 10.4. The Kier molecular flexibility index (Phi) is 4.15. The number of nitrogens with zero attached hydrogens (tertiary/aromatic N) is 3. The summed E-state index contributed by atoms with van der Waals surface area (Å²) in [5.74, 6) is 0.219. The molecule has 1 aromatic heterocycles. The fraction of sp³-hybridized carbons (Fsp3) is 0.308. The second-order valence-corrected chi connectivity index (χ2v) is 5.20. The number of carbonyl (C=O) groups is 1. The van der Waals surface area contributed by atoms with Crippen LogP contribution in [0.2, 0.25) is 0 Å². The van der Waals surface area contributed by atoms with Crippen molar-refractivity contribution < 1.29 is 4.79 Å². The monoisotopic (exact) mass is 261 g/mol. The van der Waals surface area contributed by atoms with Gasteiger partial charge in [-0.2, -0.15) is 0 Å². The van der Waals surface area contributed by atoms with Crippen molar-refractivity contribution in [1.29, 1.82) is 0 Å². The van der Waals surface area contributed by atoms with Crippen molar-refractivity contribution in [1.82, 2.24) is 14.8 Å². The third-order valence-electron chi connectivity index (χ3n) is 2.58.